The van der Waals surface area contributed by atoms with E-state index in [0.29, 0.717) is 28.0 Å². The van der Waals surface area contributed by atoms with Crippen molar-refractivity contribution >= 4 is 40.5 Å². The Bertz CT molecular complexity index is 1100. The van der Waals surface area contributed by atoms with Gasteiger partial charge in [-0.2, -0.15) is 5.10 Å². The third-order valence-electron chi connectivity index (χ3n) is 3.89. The number of benzene rings is 2. The molecule has 4 rings (SSSR count). The fourth-order valence-electron chi connectivity index (χ4n) is 2.56. The highest BCUT2D eigenvalue weighted by atomic mass is 35.5. The second-order valence-corrected chi connectivity index (χ2v) is 6.46. The van der Waals surface area contributed by atoms with E-state index in [-0.39, 0.29) is 6.03 Å². The molecule has 2 aromatic carbocycles. The molecule has 29 heavy (non-hydrogen) atoms. The predicted octanol–water partition coefficient (Wildman–Crippen LogP) is 4.70. The van der Waals surface area contributed by atoms with E-state index in [4.69, 9.17) is 11.6 Å². The zero-order valence-corrected chi connectivity index (χ0v) is 15.8. The summed E-state index contributed by atoms with van der Waals surface area (Å²) in [7, 11) is 0. The molecule has 144 valence electrons. The van der Waals surface area contributed by atoms with E-state index in [1.807, 2.05) is 30.3 Å². The number of rotatable bonds is 5. The number of halogens is 1. The first-order valence-electron chi connectivity index (χ1n) is 8.70. The van der Waals surface area contributed by atoms with E-state index < -0.39 is 0 Å². The molecule has 0 saturated carbocycles. The first-order chi connectivity index (χ1) is 14.2. The zero-order chi connectivity index (χ0) is 20.1. The smallest absolute Gasteiger partial charge is 0.323 e. The monoisotopic (exact) mass is 405 g/mol. The largest absolute Gasteiger partial charge is 0.339 e. The molecule has 0 radical (unpaired) electrons. The third-order valence-corrected chi connectivity index (χ3v) is 4.12. The Morgan fingerprint density at radius 3 is 2.34 bits per heavy atom. The van der Waals surface area contributed by atoms with Crippen molar-refractivity contribution in [2.24, 2.45) is 0 Å². The summed E-state index contributed by atoms with van der Waals surface area (Å²) < 4.78 is 1.63. The lowest BCUT2D eigenvalue weighted by atomic mass is 10.2. The van der Waals surface area contributed by atoms with E-state index in [9.17, 15) is 4.79 Å². The van der Waals surface area contributed by atoms with Crippen molar-refractivity contribution in [2.45, 2.75) is 0 Å². The van der Waals surface area contributed by atoms with Gasteiger partial charge in [0.05, 0.1) is 0 Å². The summed E-state index contributed by atoms with van der Waals surface area (Å²) in [6.45, 7) is 0. The van der Waals surface area contributed by atoms with Crippen LogP contribution in [0.4, 0.5) is 27.7 Å². The van der Waals surface area contributed by atoms with Crippen LogP contribution in [0.1, 0.15) is 0 Å². The Kier molecular flexibility index (Phi) is 5.35. The number of amides is 2. The van der Waals surface area contributed by atoms with Gasteiger partial charge in [-0.3, -0.25) is 0 Å². The number of anilines is 4. The lowest BCUT2D eigenvalue weighted by molar-refractivity contribution is 0.262. The average Bonchev–Trinajstić information content (AvgIpc) is 3.25. The number of hydrogen-bond acceptors (Lipinski definition) is 5. The van der Waals surface area contributed by atoms with Crippen molar-refractivity contribution < 1.29 is 4.79 Å². The molecule has 8 nitrogen and oxygen atoms in total. The normalized spacial score (nSPS) is 10.4. The molecular formula is C20H16ClN7O. The average molecular weight is 406 g/mol. The summed E-state index contributed by atoms with van der Waals surface area (Å²) in [6.07, 6.45) is 3.48. The van der Waals surface area contributed by atoms with Gasteiger partial charge in [0.25, 0.3) is 0 Å². The SMILES string of the molecule is O=C(Nc1ccc(Nc2ccc(-n3cccn3)nn2)cc1)Nc1cccc(Cl)c1. The molecule has 2 aromatic heterocycles. The van der Waals surface area contributed by atoms with Crippen molar-refractivity contribution in [2.75, 3.05) is 16.0 Å². The fraction of sp³-hybridized carbons (Fsp3) is 0. The van der Waals surface area contributed by atoms with Crippen LogP contribution in [0.2, 0.25) is 5.02 Å². The summed E-state index contributed by atoms with van der Waals surface area (Å²) in [6, 6.07) is 19.3. The van der Waals surface area contributed by atoms with E-state index in [1.54, 1.807) is 53.5 Å². The van der Waals surface area contributed by atoms with Crippen molar-refractivity contribution in [1.82, 2.24) is 20.0 Å². The number of aromatic nitrogens is 4. The Balaban J connectivity index is 1.34. The van der Waals surface area contributed by atoms with Crippen LogP contribution in [0.3, 0.4) is 0 Å². The Labute approximate surface area is 171 Å². The van der Waals surface area contributed by atoms with Gasteiger partial charge in [0.2, 0.25) is 0 Å². The van der Waals surface area contributed by atoms with Crippen LogP contribution in [0.25, 0.3) is 5.82 Å². The zero-order valence-electron chi connectivity index (χ0n) is 15.1. The van der Waals surface area contributed by atoms with Gasteiger partial charge in [-0.1, -0.05) is 17.7 Å². The molecule has 3 N–H and O–H groups in total. The van der Waals surface area contributed by atoms with Gasteiger partial charge in [0.15, 0.2) is 11.6 Å². The Morgan fingerprint density at radius 1 is 0.862 bits per heavy atom. The van der Waals surface area contributed by atoms with Crippen LogP contribution in [0.5, 0.6) is 0 Å². The van der Waals surface area contributed by atoms with Gasteiger partial charge in [-0.15, -0.1) is 10.2 Å². The molecule has 0 aliphatic heterocycles. The van der Waals surface area contributed by atoms with Crippen LogP contribution in [0.15, 0.2) is 79.1 Å². The van der Waals surface area contributed by atoms with Crippen molar-refractivity contribution in [3.63, 3.8) is 0 Å². The van der Waals surface area contributed by atoms with Crippen molar-refractivity contribution in [3.8, 4) is 5.82 Å². The molecule has 0 unspecified atom stereocenters. The number of nitrogens with one attached hydrogen (secondary N) is 3. The highest BCUT2D eigenvalue weighted by Gasteiger charge is 2.04. The highest BCUT2D eigenvalue weighted by Crippen LogP contribution is 2.19. The van der Waals surface area contributed by atoms with Gasteiger partial charge >= 0.3 is 6.03 Å². The number of carbonyl (C=O) groups excluding carboxylic acids is 1. The molecule has 0 fully saturated rings. The van der Waals surface area contributed by atoms with E-state index in [1.165, 1.54) is 0 Å². The van der Waals surface area contributed by atoms with Crippen molar-refractivity contribution in [1.29, 1.82) is 0 Å². The fourth-order valence-corrected chi connectivity index (χ4v) is 2.75. The molecule has 0 saturated heterocycles. The van der Waals surface area contributed by atoms with E-state index >= 15 is 0 Å². The maximum atomic E-state index is 12.1. The topological polar surface area (TPSA) is 96.8 Å². The Morgan fingerprint density at radius 2 is 1.66 bits per heavy atom. The summed E-state index contributed by atoms with van der Waals surface area (Å²) in [5.41, 5.74) is 2.08. The predicted molar refractivity (Wildman–Crippen MR) is 113 cm³/mol. The summed E-state index contributed by atoms with van der Waals surface area (Å²) >= 11 is 5.91. The van der Waals surface area contributed by atoms with Crippen LogP contribution in [-0.4, -0.2) is 26.0 Å². The summed E-state index contributed by atoms with van der Waals surface area (Å²) in [5.74, 6) is 1.23. The number of urea groups is 1. The maximum Gasteiger partial charge on any atom is 0.323 e. The summed E-state index contributed by atoms with van der Waals surface area (Å²) in [5, 5.41) is 21.6. The number of carbonyl (C=O) groups is 1. The highest BCUT2D eigenvalue weighted by molar-refractivity contribution is 6.30. The van der Waals surface area contributed by atoms with Crippen LogP contribution >= 0.6 is 11.6 Å². The van der Waals surface area contributed by atoms with Gasteiger partial charge in [-0.05, 0) is 60.7 Å². The first-order valence-corrected chi connectivity index (χ1v) is 9.08. The minimum atomic E-state index is -0.354. The lowest BCUT2D eigenvalue weighted by Gasteiger charge is -2.09. The van der Waals surface area contributed by atoms with Crippen LogP contribution in [-0.2, 0) is 0 Å². The maximum absolute atomic E-state index is 12.1. The minimum absolute atomic E-state index is 0.354. The minimum Gasteiger partial charge on any atom is -0.339 e. The molecule has 0 aliphatic rings. The molecule has 9 heteroatoms. The summed E-state index contributed by atoms with van der Waals surface area (Å²) in [4.78, 5) is 12.1. The molecule has 2 heterocycles. The molecule has 0 atom stereocenters. The second-order valence-electron chi connectivity index (χ2n) is 6.02. The van der Waals surface area contributed by atoms with E-state index in [2.05, 4.69) is 31.2 Å². The van der Waals surface area contributed by atoms with Gasteiger partial charge in [-0.25, -0.2) is 9.48 Å². The third kappa shape index (κ3) is 4.88. The molecule has 0 bridgehead atoms. The molecule has 4 aromatic rings. The van der Waals surface area contributed by atoms with Crippen molar-refractivity contribution in [3.05, 3.63) is 84.1 Å². The standard InChI is InChI=1S/C20H16ClN7O/c21-14-3-1-4-17(13-14)25-20(29)24-16-7-5-15(6-8-16)23-18-9-10-19(27-26-18)28-12-2-11-22-28/h1-13H,(H,23,26)(H2,24,25,29). The molecule has 0 aliphatic carbocycles. The first kappa shape index (κ1) is 18.5. The second kappa shape index (κ2) is 8.41. The molecule has 2 amide bonds. The molecular weight excluding hydrogens is 390 g/mol. The Hall–Kier alpha value is -3.91. The van der Waals surface area contributed by atoms with Gasteiger partial charge in [0.1, 0.15) is 0 Å². The quantitative estimate of drug-likeness (QED) is 0.447. The van der Waals surface area contributed by atoms with Crippen LogP contribution in [0, 0.1) is 0 Å². The number of nitrogens with zero attached hydrogens (tertiary/aromatic N) is 4. The molecule has 0 spiro atoms. The van der Waals surface area contributed by atoms with Gasteiger partial charge in [0, 0.05) is 34.5 Å². The van der Waals surface area contributed by atoms with E-state index in [0.717, 1.165) is 5.69 Å². The number of hydrogen-bond donors (Lipinski definition) is 3. The lowest BCUT2D eigenvalue weighted by Crippen LogP contribution is -2.19. The van der Waals surface area contributed by atoms with Gasteiger partial charge < -0.3 is 16.0 Å². The van der Waals surface area contributed by atoms with Crippen LogP contribution < -0.4 is 16.0 Å².